The molecule has 0 fully saturated rings. The van der Waals surface area contributed by atoms with Crippen molar-refractivity contribution in [2.75, 3.05) is 4.90 Å². The maximum absolute atomic E-state index is 12.4. The van der Waals surface area contributed by atoms with E-state index in [1.807, 2.05) is 54.6 Å². The average Bonchev–Trinajstić information content (AvgIpc) is 2.58. The van der Waals surface area contributed by atoms with Gasteiger partial charge in [-0.2, -0.15) is 0 Å². The Kier molecular flexibility index (Phi) is 2.85. The lowest BCUT2D eigenvalue weighted by atomic mass is 10.1. The van der Waals surface area contributed by atoms with Crippen LogP contribution in [0.5, 0.6) is 0 Å². The molecule has 3 rings (SSSR count). The van der Waals surface area contributed by atoms with Crippen molar-refractivity contribution in [1.29, 1.82) is 0 Å². The summed E-state index contributed by atoms with van der Waals surface area (Å²) in [6, 6.07) is 17.1. The second-order valence-electron chi connectivity index (χ2n) is 4.29. The minimum atomic E-state index is -0.868. The number of anilines is 2. The Labute approximate surface area is 111 Å². The van der Waals surface area contributed by atoms with Gasteiger partial charge in [0.1, 0.15) is 0 Å². The molecule has 4 heteroatoms. The Balaban J connectivity index is 2.19. The number of aliphatic imine (C=N–C) groups is 1. The Hall–Kier alpha value is -2.46. The molecule has 19 heavy (non-hydrogen) atoms. The van der Waals surface area contributed by atoms with Crippen molar-refractivity contribution in [3.8, 4) is 0 Å². The van der Waals surface area contributed by atoms with Crippen molar-refractivity contribution in [2.24, 2.45) is 10.7 Å². The number of rotatable bonds is 1. The van der Waals surface area contributed by atoms with Crippen molar-refractivity contribution < 1.29 is 4.79 Å². The molecule has 1 aliphatic rings. The first-order valence-electron chi connectivity index (χ1n) is 6.04. The van der Waals surface area contributed by atoms with Crippen molar-refractivity contribution >= 4 is 23.5 Å². The summed E-state index contributed by atoms with van der Waals surface area (Å²) in [5.41, 5.74) is 8.27. The van der Waals surface area contributed by atoms with Gasteiger partial charge in [-0.3, -0.25) is 14.7 Å². The molecule has 0 aliphatic carbocycles. The number of carbonyl (C=O) groups is 1. The molecular weight excluding hydrogens is 238 g/mol. The van der Waals surface area contributed by atoms with E-state index in [0.29, 0.717) is 0 Å². The molecule has 4 nitrogen and oxygen atoms in total. The van der Waals surface area contributed by atoms with Gasteiger partial charge >= 0.3 is 0 Å². The predicted octanol–water partition coefficient (Wildman–Crippen LogP) is 2.07. The predicted molar refractivity (Wildman–Crippen MR) is 75.6 cm³/mol. The lowest BCUT2D eigenvalue weighted by Crippen LogP contribution is -2.39. The first-order valence-corrected chi connectivity index (χ1v) is 6.04. The van der Waals surface area contributed by atoms with Gasteiger partial charge in [-0.1, -0.05) is 36.4 Å². The fraction of sp³-hybridized carbons (Fsp3) is 0.0667. The van der Waals surface area contributed by atoms with Crippen molar-refractivity contribution in [3.63, 3.8) is 0 Å². The normalized spacial score (nSPS) is 18.1. The zero-order valence-corrected chi connectivity index (χ0v) is 10.2. The van der Waals surface area contributed by atoms with Crippen LogP contribution >= 0.6 is 0 Å². The summed E-state index contributed by atoms with van der Waals surface area (Å²) >= 11 is 0. The summed E-state index contributed by atoms with van der Waals surface area (Å²) < 4.78 is 0. The third kappa shape index (κ3) is 2.02. The number of hydrogen-bond donors (Lipinski definition) is 1. The van der Waals surface area contributed by atoms with E-state index < -0.39 is 6.17 Å². The Morgan fingerprint density at radius 3 is 2.47 bits per heavy atom. The van der Waals surface area contributed by atoms with E-state index in [1.54, 1.807) is 11.1 Å². The molecule has 0 unspecified atom stereocenters. The fourth-order valence-electron chi connectivity index (χ4n) is 2.12. The summed E-state index contributed by atoms with van der Waals surface area (Å²) in [6.45, 7) is 0. The maximum Gasteiger partial charge on any atom is 0.270 e. The molecule has 2 N–H and O–H groups in total. The molecule has 0 radical (unpaired) electrons. The maximum atomic E-state index is 12.4. The van der Waals surface area contributed by atoms with E-state index >= 15 is 0 Å². The zero-order valence-electron chi connectivity index (χ0n) is 10.2. The quantitative estimate of drug-likeness (QED) is 0.843. The number of nitrogens with two attached hydrogens (primary N) is 1. The second-order valence-corrected chi connectivity index (χ2v) is 4.29. The Morgan fingerprint density at radius 2 is 1.68 bits per heavy atom. The van der Waals surface area contributed by atoms with Gasteiger partial charge in [0.2, 0.25) is 0 Å². The highest BCUT2D eigenvalue weighted by Crippen LogP contribution is 2.29. The molecule has 1 atom stereocenters. The molecule has 94 valence electrons. The van der Waals surface area contributed by atoms with Gasteiger partial charge in [0.15, 0.2) is 6.17 Å². The summed E-state index contributed by atoms with van der Waals surface area (Å²) in [6.07, 6.45) is 0.786. The monoisotopic (exact) mass is 251 g/mol. The van der Waals surface area contributed by atoms with Crippen LogP contribution in [0.15, 0.2) is 59.6 Å². The summed E-state index contributed by atoms with van der Waals surface area (Å²) in [5.74, 6) is -0.229. The van der Waals surface area contributed by atoms with Crippen molar-refractivity contribution in [2.45, 2.75) is 6.17 Å². The second kappa shape index (κ2) is 4.66. The smallest absolute Gasteiger partial charge is 0.270 e. The highest BCUT2D eigenvalue weighted by molar-refractivity contribution is 6.09. The third-order valence-corrected chi connectivity index (χ3v) is 3.04. The standard InChI is InChI=1S/C15H13N3O/c16-14-15(19)18(12-7-2-1-3-8-12)13-9-5-4-6-11(13)10-17-14/h1-10,14H,16H2/t14-/m0/s1. The van der Waals surface area contributed by atoms with Gasteiger partial charge in [0.05, 0.1) is 5.69 Å². The average molecular weight is 251 g/mol. The molecule has 0 saturated heterocycles. The van der Waals surface area contributed by atoms with E-state index in [0.717, 1.165) is 16.9 Å². The molecule has 1 heterocycles. The SMILES string of the molecule is N[C@H]1N=Cc2ccccc2N(c2ccccc2)C1=O. The molecule has 1 aliphatic heterocycles. The molecule has 0 bridgehead atoms. The number of para-hydroxylation sites is 2. The van der Waals surface area contributed by atoms with Crippen LogP contribution in [0.3, 0.4) is 0 Å². The van der Waals surface area contributed by atoms with E-state index in [1.165, 1.54) is 0 Å². The molecule has 0 saturated carbocycles. The zero-order chi connectivity index (χ0) is 13.2. The van der Waals surface area contributed by atoms with Gasteiger partial charge in [0, 0.05) is 17.5 Å². The van der Waals surface area contributed by atoms with Gasteiger partial charge in [-0.15, -0.1) is 0 Å². The van der Waals surface area contributed by atoms with Gasteiger partial charge in [-0.25, -0.2) is 0 Å². The van der Waals surface area contributed by atoms with Crippen LogP contribution < -0.4 is 10.6 Å². The first kappa shape index (κ1) is 11.6. The summed E-state index contributed by atoms with van der Waals surface area (Å²) in [4.78, 5) is 18.1. The number of amides is 1. The molecule has 2 aromatic rings. The largest absolute Gasteiger partial charge is 0.302 e. The van der Waals surface area contributed by atoms with E-state index in [4.69, 9.17) is 5.73 Å². The molecule has 0 spiro atoms. The number of nitrogens with zero attached hydrogens (tertiary/aromatic N) is 2. The number of fused-ring (bicyclic) bond motifs is 1. The Morgan fingerprint density at radius 1 is 1.00 bits per heavy atom. The minimum absolute atomic E-state index is 0.229. The summed E-state index contributed by atoms with van der Waals surface area (Å²) in [5, 5.41) is 0. The lowest BCUT2D eigenvalue weighted by Gasteiger charge is -2.24. The van der Waals surface area contributed by atoms with E-state index in [-0.39, 0.29) is 5.91 Å². The van der Waals surface area contributed by atoms with Gasteiger partial charge < -0.3 is 5.73 Å². The van der Waals surface area contributed by atoms with E-state index in [2.05, 4.69) is 4.99 Å². The molecule has 0 aromatic heterocycles. The highest BCUT2D eigenvalue weighted by Gasteiger charge is 2.26. The fourth-order valence-corrected chi connectivity index (χ4v) is 2.12. The number of benzene rings is 2. The molecule has 2 aromatic carbocycles. The summed E-state index contributed by atoms with van der Waals surface area (Å²) in [7, 11) is 0. The third-order valence-electron chi connectivity index (χ3n) is 3.04. The number of carbonyl (C=O) groups excluding carboxylic acids is 1. The highest BCUT2D eigenvalue weighted by atomic mass is 16.2. The van der Waals surface area contributed by atoms with Crippen LogP contribution in [-0.2, 0) is 4.79 Å². The number of hydrogen-bond acceptors (Lipinski definition) is 3. The molecular formula is C15H13N3O. The van der Waals surface area contributed by atoms with Crippen molar-refractivity contribution in [3.05, 3.63) is 60.2 Å². The van der Waals surface area contributed by atoms with Gasteiger partial charge in [0.25, 0.3) is 5.91 Å². The number of benzodiazepines with no additional fused rings is 1. The van der Waals surface area contributed by atoms with Gasteiger partial charge in [-0.05, 0) is 18.2 Å². The lowest BCUT2D eigenvalue weighted by molar-refractivity contribution is -0.118. The van der Waals surface area contributed by atoms with E-state index in [9.17, 15) is 4.79 Å². The van der Waals surface area contributed by atoms with Crippen LogP contribution in [0.25, 0.3) is 0 Å². The van der Waals surface area contributed by atoms with Crippen LogP contribution in [0.4, 0.5) is 11.4 Å². The van der Waals surface area contributed by atoms with Crippen LogP contribution in [0.2, 0.25) is 0 Å². The minimum Gasteiger partial charge on any atom is -0.302 e. The van der Waals surface area contributed by atoms with Crippen LogP contribution in [-0.4, -0.2) is 18.3 Å². The molecule has 1 amide bonds. The topological polar surface area (TPSA) is 58.7 Å². The first-order chi connectivity index (χ1) is 9.27. The Bertz CT molecular complexity index is 637. The van der Waals surface area contributed by atoms with Crippen LogP contribution in [0, 0.1) is 0 Å². The van der Waals surface area contributed by atoms with Crippen molar-refractivity contribution in [1.82, 2.24) is 0 Å². The van der Waals surface area contributed by atoms with Crippen LogP contribution in [0.1, 0.15) is 5.56 Å².